The van der Waals surface area contributed by atoms with E-state index in [2.05, 4.69) is 6.58 Å². The van der Waals surface area contributed by atoms with Gasteiger partial charge in [0.2, 0.25) is 0 Å². The van der Waals surface area contributed by atoms with Crippen LogP contribution in [0, 0.1) is 17.8 Å². The van der Waals surface area contributed by atoms with E-state index in [1.807, 2.05) is 0 Å². The highest BCUT2D eigenvalue weighted by Gasteiger charge is 2.10. The highest BCUT2D eigenvalue weighted by molar-refractivity contribution is 5.84. The Labute approximate surface area is 261 Å². The van der Waals surface area contributed by atoms with Gasteiger partial charge in [0.05, 0.1) is 0 Å². The molecular weight excluding hydrogens is 524 g/mol. The van der Waals surface area contributed by atoms with Crippen molar-refractivity contribution in [2.75, 3.05) is 19.8 Å². The number of hydrogen-bond donors (Lipinski definition) is 4. The van der Waals surface area contributed by atoms with E-state index in [1.165, 1.54) is 180 Å². The fraction of sp³-hybridized carbons (Fsp3) is 0.919. The first-order valence-corrected chi connectivity index (χ1v) is 18.2. The lowest BCUT2D eigenvalue weighted by molar-refractivity contribution is -0.132. The van der Waals surface area contributed by atoms with Crippen LogP contribution in [0.1, 0.15) is 180 Å². The van der Waals surface area contributed by atoms with Gasteiger partial charge >= 0.3 is 5.97 Å². The zero-order valence-electron chi connectivity index (χ0n) is 27.8. The first-order chi connectivity index (χ1) is 20.4. The normalized spacial score (nSPS) is 21.4. The van der Waals surface area contributed by atoms with Crippen LogP contribution in [0.3, 0.4) is 0 Å². The quantitative estimate of drug-likeness (QED) is 0.242. The molecule has 0 aromatic carbocycles. The molecule has 250 valence electrons. The monoisotopic (exact) mass is 597 g/mol. The number of aliphatic hydroxyl groups is 3. The van der Waals surface area contributed by atoms with Crippen molar-refractivity contribution in [3.05, 3.63) is 12.2 Å². The van der Waals surface area contributed by atoms with Crippen molar-refractivity contribution in [2.24, 2.45) is 17.8 Å². The highest BCUT2D eigenvalue weighted by atomic mass is 16.4. The Bertz CT molecular complexity index is 489. The van der Waals surface area contributed by atoms with Gasteiger partial charge < -0.3 is 20.4 Å². The Morgan fingerprint density at radius 2 is 0.595 bits per heavy atom. The van der Waals surface area contributed by atoms with E-state index in [1.54, 1.807) is 0 Å². The van der Waals surface area contributed by atoms with Crippen molar-refractivity contribution < 1.29 is 25.2 Å². The van der Waals surface area contributed by atoms with Crippen molar-refractivity contribution in [2.45, 2.75) is 180 Å². The maximum atomic E-state index is 9.60. The van der Waals surface area contributed by atoms with Crippen LogP contribution in [0.4, 0.5) is 0 Å². The smallest absolute Gasteiger partial charge is 0.330 e. The lowest BCUT2D eigenvalue weighted by Gasteiger charge is -2.15. The number of aliphatic carboxylic acids is 1. The standard InChI is InChI=1S/3C11H22O.C4H6O2/c3*12-10-11-8-6-4-2-1-3-5-7-9-11;1-3(2)4(5)6/h3*11-12H,1-10H2;1H2,2H3,(H,5,6). The van der Waals surface area contributed by atoms with Gasteiger partial charge in [0.25, 0.3) is 0 Å². The first kappa shape index (κ1) is 41.1. The summed E-state index contributed by atoms with van der Waals surface area (Å²) in [4.78, 5) is 9.60. The molecule has 3 aliphatic rings. The summed E-state index contributed by atoms with van der Waals surface area (Å²) in [6.07, 6.45) is 36.7. The fourth-order valence-corrected chi connectivity index (χ4v) is 6.23. The molecule has 3 aliphatic carbocycles. The molecule has 5 nitrogen and oxygen atoms in total. The molecule has 0 aromatic rings. The van der Waals surface area contributed by atoms with Crippen molar-refractivity contribution in [1.82, 2.24) is 0 Å². The first-order valence-electron chi connectivity index (χ1n) is 18.2. The SMILES string of the molecule is C=C(C)C(=O)O.OCC1CCCCCCCCC1.OCC1CCCCCCCCC1.OCC1CCCCCCCCC1. The van der Waals surface area contributed by atoms with Gasteiger partial charge in [0, 0.05) is 25.4 Å². The second-order valence-electron chi connectivity index (χ2n) is 13.4. The van der Waals surface area contributed by atoms with Crippen molar-refractivity contribution >= 4 is 5.97 Å². The number of carbonyl (C=O) groups is 1. The number of carboxylic acids is 1. The van der Waals surface area contributed by atoms with Crippen LogP contribution in [0.15, 0.2) is 12.2 Å². The average molecular weight is 597 g/mol. The molecule has 0 aliphatic heterocycles. The van der Waals surface area contributed by atoms with Gasteiger partial charge in [-0.15, -0.1) is 0 Å². The Hall–Kier alpha value is -0.910. The third kappa shape index (κ3) is 27.9. The molecule has 0 radical (unpaired) electrons. The van der Waals surface area contributed by atoms with Crippen LogP contribution in [0.25, 0.3) is 0 Å². The maximum Gasteiger partial charge on any atom is 0.330 e. The molecule has 3 fully saturated rings. The molecule has 3 rings (SSSR count). The summed E-state index contributed by atoms with van der Waals surface area (Å²) in [5.74, 6) is 0.907. The summed E-state index contributed by atoms with van der Waals surface area (Å²) in [6.45, 7) is 5.85. The Kier molecular flexibility index (Phi) is 30.8. The van der Waals surface area contributed by atoms with E-state index in [9.17, 15) is 4.79 Å². The molecule has 0 heterocycles. The minimum Gasteiger partial charge on any atom is -0.478 e. The van der Waals surface area contributed by atoms with E-state index >= 15 is 0 Å². The van der Waals surface area contributed by atoms with E-state index < -0.39 is 5.97 Å². The highest BCUT2D eigenvalue weighted by Crippen LogP contribution is 2.22. The third-order valence-electron chi connectivity index (χ3n) is 9.31. The summed E-state index contributed by atoms with van der Waals surface area (Å²) in [5, 5.41) is 35.1. The molecule has 0 bridgehead atoms. The van der Waals surface area contributed by atoms with E-state index in [-0.39, 0.29) is 5.57 Å². The van der Waals surface area contributed by atoms with Crippen molar-refractivity contribution in [1.29, 1.82) is 0 Å². The van der Waals surface area contributed by atoms with Gasteiger partial charge in [-0.2, -0.15) is 0 Å². The predicted octanol–water partition coefficient (Wildman–Crippen LogP) is 10.0. The summed E-state index contributed by atoms with van der Waals surface area (Å²) in [6, 6.07) is 0. The Balaban J connectivity index is 0.000000549. The topological polar surface area (TPSA) is 98.0 Å². The zero-order chi connectivity index (χ0) is 31.1. The summed E-state index contributed by atoms with van der Waals surface area (Å²) in [5.41, 5.74) is 0.176. The number of hydrogen-bond acceptors (Lipinski definition) is 4. The van der Waals surface area contributed by atoms with Gasteiger partial charge in [-0.05, 0) is 63.2 Å². The zero-order valence-corrected chi connectivity index (χ0v) is 27.8. The number of rotatable bonds is 4. The number of carboxylic acid groups (broad SMARTS) is 1. The maximum absolute atomic E-state index is 9.60. The molecule has 3 saturated carbocycles. The second-order valence-corrected chi connectivity index (χ2v) is 13.4. The molecule has 0 saturated heterocycles. The molecule has 0 amide bonds. The van der Waals surface area contributed by atoms with Gasteiger partial charge in [-0.25, -0.2) is 4.79 Å². The molecular formula is C37H72O5. The third-order valence-corrected chi connectivity index (χ3v) is 9.31. The van der Waals surface area contributed by atoms with Gasteiger partial charge in [-0.3, -0.25) is 0 Å². The average Bonchev–Trinajstić information content (AvgIpc) is 3.01. The van der Waals surface area contributed by atoms with Crippen molar-refractivity contribution in [3.63, 3.8) is 0 Å². The van der Waals surface area contributed by atoms with Crippen LogP contribution in [-0.2, 0) is 4.79 Å². The van der Waals surface area contributed by atoms with Crippen LogP contribution in [0.2, 0.25) is 0 Å². The lowest BCUT2D eigenvalue weighted by atomic mass is 9.93. The summed E-state index contributed by atoms with van der Waals surface area (Å²) in [7, 11) is 0. The van der Waals surface area contributed by atoms with E-state index in [4.69, 9.17) is 20.4 Å². The molecule has 0 aromatic heterocycles. The number of aliphatic hydroxyl groups excluding tert-OH is 3. The minimum atomic E-state index is -0.935. The van der Waals surface area contributed by atoms with Crippen molar-refractivity contribution in [3.8, 4) is 0 Å². The molecule has 5 heteroatoms. The van der Waals surface area contributed by atoms with E-state index in [0.29, 0.717) is 37.6 Å². The minimum absolute atomic E-state index is 0.176. The molecule has 0 unspecified atom stereocenters. The Morgan fingerprint density at radius 3 is 0.714 bits per heavy atom. The van der Waals surface area contributed by atoms with Gasteiger partial charge in [0.15, 0.2) is 0 Å². The predicted molar refractivity (Wildman–Crippen MR) is 179 cm³/mol. The molecule has 0 atom stereocenters. The molecule has 0 spiro atoms. The van der Waals surface area contributed by atoms with Crippen LogP contribution in [0.5, 0.6) is 0 Å². The van der Waals surface area contributed by atoms with Gasteiger partial charge in [0.1, 0.15) is 0 Å². The van der Waals surface area contributed by atoms with Crippen LogP contribution >= 0.6 is 0 Å². The largest absolute Gasteiger partial charge is 0.478 e. The fourth-order valence-electron chi connectivity index (χ4n) is 6.23. The van der Waals surface area contributed by atoms with Crippen LogP contribution < -0.4 is 0 Å². The van der Waals surface area contributed by atoms with E-state index in [0.717, 1.165) is 0 Å². The van der Waals surface area contributed by atoms with Crippen LogP contribution in [-0.4, -0.2) is 46.2 Å². The molecule has 4 N–H and O–H groups in total. The second kappa shape index (κ2) is 31.5. The van der Waals surface area contributed by atoms with Gasteiger partial charge in [-0.1, -0.05) is 141 Å². The summed E-state index contributed by atoms with van der Waals surface area (Å²) >= 11 is 0. The lowest BCUT2D eigenvalue weighted by Crippen LogP contribution is -2.06. The Morgan fingerprint density at radius 1 is 0.452 bits per heavy atom. The summed E-state index contributed by atoms with van der Waals surface area (Å²) < 4.78 is 0. The molecule has 42 heavy (non-hydrogen) atoms.